The Bertz CT molecular complexity index is 434. The quantitative estimate of drug-likeness (QED) is 0.482. The van der Waals surface area contributed by atoms with Gasteiger partial charge >= 0.3 is 11.9 Å². The first-order valence-corrected chi connectivity index (χ1v) is 5.68. The molecule has 1 amide bonds. The minimum absolute atomic E-state index is 0.180. The van der Waals surface area contributed by atoms with Crippen molar-refractivity contribution in [3.63, 3.8) is 0 Å². The number of hydrogen-bond donors (Lipinski definition) is 2. The van der Waals surface area contributed by atoms with Crippen molar-refractivity contribution in [3.8, 4) is 0 Å². The molecule has 0 saturated heterocycles. The first kappa shape index (κ1) is 13.6. The third kappa shape index (κ3) is 3.49. The number of aryl methyl sites for hydroxylation is 2. The molecule has 0 aliphatic carbocycles. The third-order valence-corrected chi connectivity index (χ3v) is 2.92. The molecule has 17 heavy (non-hydrogen) atoms. The Morgan fingerprint density at radius 2 is 1.82 bits per heavy atom. The second-order valence-electron chi connectivity index (χ2n) is 3.63. The lowest BCUT2D eigenvalue weighted by Gasteiger charge is -2.09. The number of anilines is 1. The molecule has 0 aliphatic rings. The highest BCUT2D eigenvalue weighted by atomic mass is 32.1. The molecule has 0 aromatic heterocycles. The van der Waals surface area contributed by atoms with Gasteiger partial charge in [-0.1, -0.05) is 0 Å². The van der Waals surface area contributed by atoms with Gasteiger partial charge in [0.05, 0.1) is 6.61 Å². The fourth-order valence-electron chi connectivity index (χ4n) is 1.41. The average Bonchev–Trinajstić information content (AvgIpc) is 2.26. The van der Waals surface area contributed by atoms with Crippen molar-refractivity contribution in [1.82, 2.24) is 0 Å². The zero-order valence-corrected chi connectivity index (χ0v) is 10.9. The van der Waals surface area contributed by atoms with Crippen molar-refractivity contribution in [2.24, 2.45) is 0 Å². The predicted molar refractivity (Wildman–Crippen MR) is 68.4 cm³/mol. The highest BCUT2D eigenvalue weighted by molar-refractivity contribution is 7.80. The molecule has 0 radical (unpaired) electrons. The molecule has 1 N–H and O–H groups in total. The molecule has 0 unspecified atom stereocenters. The monoisotopic (exact) mass is 253 g/mol. The van der Waals surface area contributed by atoms with Crippen molar-refractivity contribution in [1.29, 1.82) is 0 Å². The van der Waals surface area contributed by atoms with Gasteiger partial charge in [-0.3, -0.25) is 4.79 Å². The van der Waals surface area contributed by atoms with Crippen LogP contribution in [0.5, 0.6) is 0 Å². The summed E-state index contributed by atoms with van der Waals surface area (Å²) in [5, 5.41) is 2.49. The van der Waals surface area contributed by atoms with Crippen LogP contribution in [0.15, 0.2) is 17.0 Å². The fraction of sp³-hybridized carbons (Fsp3) is 0.333. The van der Waals surface area contributed by atoms with Crippen LogP contribution in [-0.4, -0.2) is 18.5 Å². The van der Waals surface area contributed by atoms with Gasteiger partial charge in [0.2, 0.25) is 0 Å². The van der Waals surface area contributed by atoms with E-state index in [1.807, 2.05) is 13.8 Å². The summed E-state index contributed by atoms with van der Waals surface area (Å²) in [6, 6.07) is 3.51. The number of thiol groups is 1. The van der Waals surface area contributed by atoms with Gasteiger partial charge in [-0.25, -0.2) is 4.79 Å². The Kier molecular flexibility index (Phi) is 4.57. The number of rotatable bonds is 2. The average molecular weight is 253 g/mol. The Labute approximate surface area is 106 Å². The number of carbonyl (C=O) groups excluding carboxylic acids is 2. The van der Waals surface area contributed by atoms with E-state index in [9.17, 15) is 9.59 Å². The van der Waals surface area contributed by atoms with E-state index in [-0.39, 0.29) is 6.61 Å². The van der Waals surface area contributed by atoms with E-state index in [1.165, 1.54) is 0 Å². The minimum atomic E-state index is -0.877. The molecule has 0 fully saturated rings. The summed E-state index contributed by atoms with van der Waals surface area (Å²) < 4.78 is 4.59. The number of benzene rings is 1. The topological polar surface area (TPSA) is 55.4 Å². The van der Waals surface area contributed by atoms with Crippen molar-refractivity contribution in [2.45, 2.75) is 25.7 Å². The Morgan fingerprint density at radius 3 is 2.29 bits per heavy atom. The summed E-state index contributed by atoms with van der Waals surface area (Å²) in [5.74, 6) is -1.64. The number of carbonyl (C=O) groups is 2. The molecular weight excluding hydrogens is 238 g/mol. The van der Waals surface area contributed by atoms with E-state index in [0.29, 0.717) is 5.69 Å². The number of hydrogen-bond acceptors (Lipinski definition) is 4. The molecule has 0 saturated carbocycles. The molecule has 0 heterocycles. The van der Waals surface area contributed by atoms with E-state index in [2.05, 4.69) is 22.7 Å². The molecule has 0 bridgehead atoms. The molecule has 0 atom stereocenters. The third-order valence-electron chi connectivity index (χ3n) is 2.21. The highest BCUT2D eigenvalue weighted by Crippen LogP contribution is 2.22. The molecular formula is C12H15NO3S. The summed E-state index contributed by atoms with van der Waals surface area (Å²) in [6.07, 6.45) is 0. The molecule has 0 aliphatic heterocycles. The van der Waals surface area contributed by atoms with Gasteiger partial charge < -0.3 is 10.1 Å². The van der Waals surface area contributed by atoms with Gasteiger partial charge in [-0.15, -0.1) is 12.6 Å². The second-order valence-corrected chi connectivity index (χ2v) is 4.08. The van der Waals surface area contributed by atoms with Crippen LogP contribution in [0.25, 0.3) is 0 Å². The highest BCUT2D eigenvalue weighted by Gasteiger charge is 2.15. The number of ether oxygens (including phenoxy) is 1. The summed E-state index contributed by atoms with van der Waals surface area (Å²) in [5.41, 5.74) is 2.44. The van der Waals surface area contributed by atoms with Crippen LogP contribution in [-0.2, 0) is 14.3 Å². The SMILES string of the molecule is CCOC(=O)C(=O)Nc1cc(C)c(S)c(C)c1. The molecule has 1 rings (SSSR count). The normalized spacial score (nSPS) is 9.88. The lowest BCUT2D eigenvalue weighted by Crippen LogP contribution is -2.25. The Balaban J connectivity index is 2.82. The van der Waals surface area contributed by atoms with Gasteiger partial charge in [0.15, 0.2) is 0 Å². The zero-order valence-electron chi connectivity index (χ0n) is 10.0. The largest absolute Gasteiger partial charge is 0.459 e. The molecule has 5 heteroatoms. The van der Waals surface area contributed by atoms with E-state index < -0.39 is 11.9 Å². The van der Waals surface area contributed by atoms with Crippen LogP contribution in [0.3, 0.4) is 0 Å². The molecule has 1 aromatic rings. The summed E-state index contributed by atoms with van der Waals surface area (Å²) in [6.45, 7) is 5.60. The summed E-state index contributed by atoms with van der Waals surface area (Å²) >= 11 is 4.32. The van der Waals surface area contributed by atoms with Crippen LogP contribution < -0.4 is 5.32 Å². The van der Waals surface area contributed by atoms with E-state index in [1.54, 1.807) is 19.1 Å². The fourth-order valence-corrected chi connectivity index (χ4v) is 1.54. The van der Waals surface area contributed by atoms with E-state index in [4.69, 9.17) is 0 Å². The van der Waals surface area contributed by atoms with Crippen LogP contribution in [0.1, 0.15) is 18.1 Å². The second kappa shape index (κ2) is 5.72. The maximum Gasteiger partial charge on any atom is 0.397 e. The van der Waals surface area contributed by atoms with Crippen LogP contribution >= 0.6 is 12.6 Å². The summed E-state index contributed by atoms with van der Waals surface area (Å²) in [7, 11) is 0. The summed E-state index contributed by atoms with van der Waals surface area (Å²) in [4.78, 5) is 23.4. The predicted octanol–water partition coefficient (Wildman–Crippen LogP) is 2.09. The van der Waals surface area contributed by atoms with Crippen LogP contribution in [0, 0.1) is 13.8 Å². The van der Waals surface area contributed by atoms with Gasteiger partial charge in [0, 0.05) is 10.6 Å². The van der Waals surface area contributed by atoms with Gasteiger partial charge in [0.25, 0.3) is 0 Å². The van der Waals surface area contributed by atoms with Gasteiger partial charge in [0.1, 0.15) is 0 Å². The lowest BCUT2D eigenvalue weighted by molar-refractivity contribution is -0.152. The smallest absolute Gasteiger partial charge is 0.397 e. The van der Waals surface area contributed by atoms with Crippen molar-refractivity contribution in [2.75, 3.05) is 11.9 Å². The lowest BCUT2D eigenvalue weighted by atomic mass is 10.1. The standard InChI is InChI=1S/C12H15NO3S/c1-4-16-12(15)11(14)13-9-5-7(2)10(17)8(3)6-9/h5-6,17H,4H2,1-3H3,(H,13,14). The first-order valence-electron chi connectivity index (χ1n) is 5.24. The van der Waals surface area contributed by atoms with Crippen molar-refractivity contribution in [3.05, 3.63) is 23.3 Å². The minimum Gasteiger partial charge on any atom is -0.459 e. The van der Waals surface area contributed by atoms with Crippen molar-refractivity contribution >= 4 is 30.2 Å². The number of amides is 1. The van der Waals surface area contributed by atoms with Gasteiger partial charge in [-0.2, -0.15) is 0 Å². The maximum atomic E-state index is 11.4. The Hall–Kier alpha value is -1.49. The van der Waals surface area contributed by atoms with E-state index >= 15 is 0 Å². The number of esters is 1. The van der Waals surface area contributed by atoms with Crippen LogP contribution in [0.4, 0.5) is 5.69 Å². The zero-order chi connectivity index (χ0) is 13.0. The Morgan fingerprint density at radius 1 is 1.29 bits per heavy atom. The molecule has 4 nitrogen and oxygen atoms in total. The van der Waals surface area contributed by atoms with Crippen molar-refractivity contribution < 1.29 is 14.3 Å². The number of nitrogens with one attached hydrogen (secondary N) is 1. The van der Waals surface area contributed by atoms with Gasteiger partial charge in [-0.05, 0) is 44.0 Å². The van der Waals surface area contributed by atoms with Crippen LogP contribution in [0.2, 0.25) is 0 Å². The van der Waals surface area contributed by atoms with E-state index in [0.717, 1.165) is 16.0 Å². The molecule has 92 valence electrons. The molecule has 0 spiro atoms. The molecule has 1 aromatic carbocycles. The maximum absolute atomic E-state index is 11.4. The first-order chi connectivity index (χ1) is 7.95.